The normalized spacial score (nSPS) is 18.7. The van der Waals surface area contributed by atoms with Crippen molar-refractivity contribution in [2.75, 3.05) is 11.1 Å². The largest absolute Gasteiger partial charge is 0.335 e. The van der Waals surface area contributed by atoms with Crippen LogP contribution < -0.4 is 5.32 Å². The summed E-state index contributed by atoms with van der Waals surface area (Å²) in [6.07, 6.45) is 0. The molecule has 0 amide bonds. The van der Waals surface area contributed by atoms with Crippen LogP contribution in [0.25, 0.3) is 0 Å². The molecule has 0 saturated carbocycles. The van der Waals surface area contributed by atoms with E-state index in [0.29, 0.717) is 0 Å². The van der Waals surface area contributed by atoms with E-state index < -0.39 is 0 Å². The molecule has 80 valence electrons. The molecule has 15 heavy (non-hydrogen) atoms. The quantitative estimate of drug-likeness (QED) is 0.850. The van der Waals surface area contributed by atoms with E-state index >= 15 is 0 Å². The third-order valence-corrected chi connectivity index (χ3v) is 3.91. The zero-order valence-corrected chi connectivity index (χ0v) is 11.2. The number of anilines is 1. The maximum atomic E-state index is 4.59. The van der Waals surface area contributed by atoms with E-state index in [1.807, 2.05) is 24.3 Å². The van der Waals surface area contributed by atoms with Gasteiger partial charge in [-0.15, -0.1) is 0 Å². The van der Waals surface area contributed by atoms with Crippen LogP contribution in [0.5, 0.6) is 0 Å². The molecule has 0 aliphatic carbocycles. The van der Waals surface area contributed by atoms with Gasteiger partial charge in [0.2, 0.25) is 0 Å². The number of benzene rings is 1. The van der Waals surface area contributed by atoms with Crippen molar-refractivity contribution in [3.8, 4) is 0 Å². The van der Waals surface area contributed by atoms with Crippen LogP contribution in [0.15, 0.2) is 33.7 Å². The molecule has 2 nitrogen and oxygen atoms in total. The number of rotatable bonds is 1. The highest BCUT2D eigenvalue weighted by Crippen LogP contribution is 2.27. The molecule has 0 unspecified atom stereocenters. The summed E-state index contributed by atoms with van der Waals surface area (Å²) in [5, 5.41) is 4.33. The van der Waals surface area contributed by atoms with E-state index in [4.69, 9.17) is 0 Å². The van der Waals surface area contributed by atoms with E-state index in [-0.39, 0.29) is 5.54 Å². The molecule has 0 radical (unpaired) electrons. The van der Waals surface area contributed by atoms with E-state index in [1.54, 1.807) is 11.8 Å². The lowest BCUT2D eigenvalue weighted by molar-refractivity contribution is 0.605. The Morgan fingerprint density at radius 3 is 2.53 bits per heavy atom. The van der Waals surface area contributed by atoms with Crippen LogP contribution in [0.4, 0.5) is 5.69 Å². The average Bonchev–Trinajstić information content (AvgIpc) is 2.50. The van der Waals surface area contributed by atoms with Crippen LogP contribution in [0, 0.1) is 0 Å². The average molecular weight is 285 g/mol. The molecule has 0 spiro atoms. The van der Waals surface area contributed by atoms with Gasteiger partial charge in [-0.2, -0.15) is 0 Å². The summed E-state index contributed by atoms with van der Waals surface area (Å²) in [6, 6.07) is 8.12. The van der Waals surface area contributed by atoms with Gasteiger partial charge in [-0.25, -0.2) is 0 Å². The van der Waals surface area contributed by atoms with Crippen molar-refractivity contribution in [1.29, 1.82) is 0 Å². The third-order valence-electron chi connectivity index (χ3n) is 2.06. The van der Waals surface area contributed by atoms with Crippen LogP contribution >= 0.6 is 27.7 Å². The number of nitrogens with one attached hydrogen (secondary N) is 1. The van der Waals surface area contributed by atoms with Crippen LogP contribution in [0.3, 0.4) is 0 Å². The molecule has 1 aliphatic rings. The Morgan fingerprint density at radius 2 is 2.00 bits per heavy atom. The number of thioether (sulfide) groups is 1. The lowest BCUT2D eigenvalue weighted by Gasteiger charge is -2.09. The molecule has 0 atom stereocenters. The molecule has 0 aromatic heterocycles. The second-order valence-electron chi connectivity index (χ2n) is 4.15. The van der Waals surface area contributed by atoms with Crippen LogP contribution in [0.2, 0.25) is 0 Å². The van der Waals surface area contributed by atoms with Crippen molar-refractivity contribution >= 4 is 38.5 Å². The first-order chi connectivity index (χ1) is 7.05. The number of aliphatic imine (C=N–C) groups is 1. The minimum absolute atomic E-state index is 0.0718. The lowest BCUT2D eigenvalue weighted by atomic mass is 10.1. The van der Waals surface area contributed by atoms with Gasteiger partial charge in [-0.3, -0.25) is 4.99 Å². The number of nitrogens with zero attached hydrogens (tertiary/aromatic N) is 1. The fourth-order valence-corrected chi connectivity index (χ4v) is 2.63. The highest BCUT2D eigenvalue weighted by atomic mass is 79.9. The van der Waals surface area contributed by atoms with E-state index in [0.717, 1.165) is 21.1 Å². The molecule has 0 fully saturated rings. The van der Waals surface area contributed by atoms with Gasteiger partial charge in [0, 0.05) is 15.9 Å². The van der Waals surface area contributed by atoms with E-state index in [9.17, 15) is 0 Å². The summed E-state index contributed by atoms with van der Waals surface area (Å²) >= 11 is 5.19. The minimum atomic E-state index is 0.0718. The monoisotopic (exact) mass is 284 g/mol. The number of amidine groups is 1. The molecule has 1 aliphatic heterocycles. The van der Waals surface area contributed by atoms with Crippen molar-refractivity contribution in [2.24, 2.45) is 4.99 Å². The summed E-state index contributed by atoms with van der Waals surface area (Å²) < 4.78 is 1.09. The molecule has 0 bridgehead atoms. The number of hydrogen-bond donors (Lipinski definition) is 1. The SMILES string of the molecule is CC1(C)CSC(Nc2ccc(Br)cc2)=N1. The highest BCUT2D eigenvalue weighted by molar-refractivity contribution is 9.10. The maximum absolute atomic E-state index is 4.59. The predicted octanol–water partition coefficient (Wildman–Crippen LogP) is 3.74. The van der Waals surface area contributed by atoms with Crippen molar-refractivity contribution in [2.45, 2.75) is 19.4 Å². The smallest absolute Gasteiger partial charge is 0.161 e. The predicted molar refractivity (Wildman–Crippen MR) is 71.7 cm³/mol. The van der Waals surface area contributed by atoms with E-state index in [1.165, 1.54) is 0 Å². The Balaban J connectivity index is 2.07. The summed E-state index contributed by atoms with van der Waals surface area (Å²) in [5.74, 6) is 1.05. The molecule has 1 N–H and O–H groups in total. The first kappa shape index (κ1) is 11.0. The van der Waals surface area contributed by atoms with Crippen molar-refractivity contribution < 1.29 is 0 Å². The van der Waals surface area contributed by atoms with Crippen molar-refractivity contribution in [1.82, 2.24) is 0 Å². The number of hydrogen-bond acceptors (Lipinski definition) is 3. The Kier molecular flexibility index (Phi) is 3.07. The van der Waals surface area contributed by atoms with Crippen LogP contribution in [-0.2, 0) is 0 Å². The summed E-state index contributed by atoms with van der Waals surface area (Å²) in [4.78, 5) is 4.59. The van der Waals surface area contributed by atoms with Gasteiger partial charge >= 0.3 is 0 Å². The highest BCUT2D eigenvalue weighted by Gasteiger charge is 2.25. The van der Waals surface area contributed by atoms with Gasteiger partial charge in [-0.05, 0) is 38.1 Å². The zero-order valence-electron chi connectivity index (χ0n) is 8.75. The van der Waals surface area contributed by atoms with Gasteiger partial charge in [0.05, 0.1) is 5.54 Å². The van der Waals surface area contributed by atoms with Crippen LogP contribution in [-0.4, -0.2) is 16.5 Å². The van der Waals surface area contributed by atoms with Crippen molar-refractivity contribution in [3.05, 3.63) is 28.7 Å². The summed E-state index contributed by atoms with van der Waals surface area (Å²) in [6.45, 7) is 4.30. The van der Waals surface area contributed by atoms with E-state index in [2.05, 4.69) is 40.1 Å². The molecule has 1 heterocycles. The molecule has 1 aromatic carbocycles. The van der Waals surface area contributed by atoms with Gasteiger partial charge in [-0.1, -0.05) is 27.7 Å². The maximum Gasteiger partial charge on any atom is 0.161 e. The molecule has 1 aromatic rings. The van der Waals surface area contributed by atoms with Gasteiger partial charge in [0.25, 0.3) is 0 Å². The molecular formula is C11H13BrN2S. The molecule has 2 rings (SSSR count). The fourth-order valence-electron chi connectivity index (χ4n) is 1.31. The number of halogens is 1. The van der Waals surface area contributed by atoms with Crippen LogP contribution in [0.1, 0.15) is 13.8 Å². The Bertz CT molecular complexity index is 384. The van der Waals surface area contributed by atoms with Gasteiger partial charge in [0.1, 0.15) is 0 Å². The second kappa shape index (κ2) is 4.18. The molecule has 4 heteroatoms. The lowest BCUT2D eigenvalue weighted by Crippen LogP contribution is -2.15. The zero-order chi connectivity index (χ0) is 10.9. The fraction of sp³-hybridized carbons (Fsp3) is 0.364. The Morgan fingerprint density at radius 1 is 1.33 bits per heavy atom. The van der Waals surface area contributed by atoms with Crippen molar-refractivity contribution in [3.63, 3.8) is 0 Å². The first-order valence-corrected chi connectivity index (χ1v) is 6.58. The molecule has 0 saturated heterocycles. The van der Waals surface area contributed by atoms with Gasteiger partial charge < -0.3 is 5.32 Å². The topological polar surface area (TPSA) is 24.4 Å². The summed E-state index contributed by atoms with van der Waals surface area (Å²) in [7, 11) is 0. The Labute approximate surface area is 103 Å². The summed E-state index contributed by atoms with van der Waals surface area (Å²) in [5.41, 5.74) is 1.16. The Hall–Kier alpha value is -0.480. The van der Waals surface area contributed by atoms with Gasteiger partial charge in [0.15, 0.2) is 5.17 Å². The standard InChI is InChI=1S/C11H13BrN2S/c1-11(2)7-15-10(14-11)13-9-5-3-8(12)4-6-9/h3-6H,7H2,1-2H3,(H,13,14). The third kappa shape index (κ3) is 2.98. The minimum Gasteiger partial charge on any atom is -0.335 e. The second-order valence-corrected chi connectivity index (χ2v) is 6.03. The first-order valence-electron chi connectivity index (χ1n) is 4.80. The molecular weight excluding hydrogens is 272 g/mol.